The van der Waals surface area contributed by atoms with Gasteiger partial charge in [0.05, 0.1) is 0 Å². The Kier molecular flexibility index (Phi) is 5.86. The summed E-state index contributed by atoms with van der Waals surface area (Å²) in [5.41, 5.74) is 3.52. The molecule has 0 aromatic heterocycles. The number of phenols is 6. The third kappa shape index (κ3) is 3.24. The summed E-state index contributed by atoms with van der Waals surface area (Å²) < 4.78 is 0. The number of hydrogen-bond acceptors (Lipinski definition) is 6. The fourth-order valence-corrected chi connectivity index (χ4v) is 5.07. The maximum Gasteiger partial charge on any atom is 0.161 e. The van der Waals surface area contributed by atoms with Crippen LogP contribution in [0.15, 0.2) is 24.3 Å². The van der Waals surface area contributed by atoms with E-state index in [-0.39, 0.29) is 34.5 Å². The molecular weight excluding hydrogens is 432 g/mol. The predicted octanol–water partition coefficient (Wildman–Crippen LogP) is 6.14. The zero-order chi connectivity index (χ0) is 24.9. The molecule has 4 rings (SSSR count). The molecule has 0 heterocycles. The minimum atomic E-state index is -0.318. The highest BCUT2D eigenvalue weighted by molar-refractivity contribution is 6.06. The molecule has 0 saturated heterocycles. The zero-order valence-electron chi connectivity index (χ0n) is 19.8. The maximum absolute atomic E-state index is 11.5. The van der Waals surface area contributed by atoms with Crippen molar-refractivity contribution in [3.63, 3.8) is 0 Å². The van der Waals surface area contributed by atoms with Crippen molar-refractivity contribution < 1.29 is 30.6 Å². The monoisotopic (exact) mass is 462 g/mol. The van der Waals surface area contributed by atoms with Gasteiger partial charge in [0.2, 0.25) is 0 Å². The summed E-state index contributed by atoms with van der Waals surface area (Å²) in [6.07, 6.45) is 2.02. The lowest BCUT2D eigenvalue weighted by Gasteiger charge is -2.21. The van der Waals surface area contributed by atoms with E-state index in [1.54, 1.807) is 0 Å². The molecule has 4 aromatic carbocycles. The van der Waals surface area contributed by atoms with Gasteiger partial charge >= 0.3 is 0 Å². The first-order valence-electron chi connectivity index (χ1n) is 11.6. The Morgan fingerprint density at radius 1 is 0.441 bits per heavy atom. The second kappa shape index (κ2) is 8.52. The summed E-state index contributed by atoms with van der Waals surface area (Å²) in [6.45, 7) is 7.61. The lowest BCUT2D eigenvalue weighted by molar-refractivity contribution is 0.400. The Labute approximate surface area is 198 Å². The average Bonchev–Trinajstić information content (AvgIpc) is 2.82. The van der Waals surface area contributed by atoms with E-state index < -0.39 is 0 Å². The van der Waals surface area contributed by atoms with Crippen LogP contribution < -0.4 is 0 Å². The van der Waals surface area contributed by atoms with Crippen LogP contribution in [-0.4, -0.2) is 30.6 Å². The molecule has 0 aliphatic heterocycles. The van der Waals surface area contributed by atoms with Crippen LogP contribution in [0.25, 0.3) is 32.7 Å². The fraction of sp³-hybridized carbons (Fsp3) is 0.286. The Morgan fingerprint density at radius 2 is 0.794 bits per heavy atom. The van der Waals surface area contributed by atoms with Crippen molar-refractivity contribution in [1.29, 1.82) is 0 Å². The Morgan fingerprint density at radius 3 is 1.09 bits per heavy atom. The summed E-state index contributed by atoms with van der Waals surface area (Å²) in [5.74, 6) is -1.23. The second-order valence-electron chi connectivity index (χ2n) is 8.57. The largest absolute Gasteiger partial charge is 0.507 e. The first-order chi connectivity index (χ1) is 16.2. The van der Waals surface area contributed by atoms with Crippen molar-refractivity contribution in [3.8, 4) is 45.6 Å². The molecule has 6 nitrogen and oxygen atoms in total. The Balaban J connectivity index is 2.20. The number of benzene rings is 4. The van der Waals surface area contributed by atoms with Gasteiger partial charge in [-0.2, -0.15) is 0 Å². The van der Waals surface area contributed by atoms with Crippen molar-refractivity contribution in [2.75, 3.05) is 0 Å². The lowest BCUT2D eigenvalue weighted by Crippen LogP contribution is -1.98. The standard InChI is InChI=1S/C28H30O6/c1-5-13-9-17-15(7-3)25(31)21(29)11-19(17)27(33)23(13)24-14(6-2)10-18-16(8-4)26(32)22(30)12-20(18)28(24)34/h9-12,29-34H,5-8H2,1-4H3. The molecule has 4 aromatic rings. The van der Waals surface area contributed by atoms with E-state index in [4.69, 9.17) is 0 Å². The molecule has 6 heteroatoms. The molecule has 6 N–H and O–H groups in total. The van der Waals surface area contributed by atoms with Gasteiger partial charge < -0.3 is 30.6 Å². The molecule has 0 spiro atoms. The number of phenolic OH excluding ortho intramolecular Hbond substituents is 6. The first kappa shape index (κ1) is 23.4. The van der Waals surface area contributed by atoms with Gasteiger partial charge in [-0.3, -0.25) is 0 Å². The average molecular weight is 463 g/mol. The highest BCUT2D eigenvalue weighted by Gasteiger charge is 2.25. The van der Waals surface area contributed by atoms with Crippen LogP contribution in [0.2, 0.25) is 0 Å². The molecule has 0 unspecified atom stereocenters. The van der Waals surface area contributed by atoms with Crippen LogP contribution in [-0.2, 0) is 25.7 Å². The molecule has 0 atom stereocenters. The van der Waals surface area contributed by atoms with Gasteiger partial charge in [0.25, 0.3) is 0 Å². The minimum Gasteiger partial charge on any atom is -0.507 e. The lowest BCUT2D eigenvalue weighted by atomic mass is 9.85. The second-order valence-corrected chi connectivity index (χ2v) is 8.57. The number of fused-ring (bicyclic) bond motifs is 2. The van der Waals surface area contributed by atoms with Gasteiger partial charge in [-0.05, 0) is 71.8 Å². The minimum absolute atomic E-state index is 0.0950. The van der Waals surface area contributed by atoms with Crippen LogP contribution in [0.3, 0.4) is 0 Å². The van der Waals surface area contributed by atoms with E-state index in [1.165, 1.54) is 12.1 Å². The van der Waals surface area contributed by atoms with Crippen molar-refractivity contribution in [2.45, 2.75) is 53.4 Å². The van der Waals surface area contributed by atoms with Crippen LogP contribution in [0.1, 0.15) is 49.9 Å². The molecule has 0 aliphatic rings. The van der Waals surface area contributed by atoms with E-state index >= 15 is 0 Å². The van der Waals surface area contributed by atoms with Crippen LogP contribution in [0, 0.1) is 0 Å². The molecule has 34 heavy (non-hydrogen) atoms. The molecular formula is C28H30O6. The van der Waals surface area contributed by atoms with Crippen LogP contribution in [0.4, 0.5) is 0 Å². The van der Waals surface area contributed by atoms with Crippen LogP contribution in [0.5, 0.6) is 34.5 Å². The van der Waals surface area contributed by atoms with Gasteiger partial charge in [0.1, 0.15) is 11.5 Å². The van der Waals surface area contributed by atoms with Gasteiger partial charge in [-0.25, -0.2) is 0 Å². The first-order valence-corrected chi connectivity index (χ1v) is 11.6. The third-order valence-electron chi connectivity index (χ3n) is 6.83. The number of aryl methyl sites for hydroxylation is 4. The molecule has 0 fully saturated rings. The van der Waals surface area contributed by atoms with Crippen molar-refractivity contribution in [3.05, 3.63) is 46.5 Å². The van der Waals surface area contributed by atoms with Gasteiger partial charge in [-0.15, -0.1) is 0 Å². The molecule has 0 bridgehead atoms. The summed E-state index contributed by atoms with van der Waals surface area (Å²) >= 11 is 0. The molecule has 0 aliphatic carbocycles. The molecule has 0 amide bonds. The molecule has 178 valence electrons. The van der Waals surface area contributed by atoms with Crippen molar-refractivity contribution in [1.82, 2.24) is 0 Å². The number of hydrogen-bond donors (Lipinski definition) is 6. The number of aromatic hydroxyl groups is 6. The van der Waals surface area contributed by atoms with Crippen LogP contribution >= 0.6 is 0 Å². The molecule has 0 radical (unpaired) electrons. The topological polar surface area (TPSA) is 121 Å². The van der Waals surface area contributed by atoms with Crippen molar-refractivity contribution >= 4 is 21.5 Å². The normalized spacial score (nSPS) is 11.5. The van der Waals surface area contributed by atoms with E-state index in [9.17, 15) is 30.6 Å². The van der Waals surface area contributed by atoms with E-state index in [1.807, 2.05) is 39.8 Å². The predicted molar refractivity (Wildman–Crippen MR) is 134 cm³/mol. The summed E-state index contributed by atoms with van der Waals surface area (Å²) in [4.78, 5) is 0. The summed E-state index contributed by atoms with van der Waals surface area (Å²) in [6, 6.07) is 6.45. The Hall–Kier alpha value is -3.80. The SMILES string of the molecule is CCc1cc2c(CC)c(O)c(O)cc2c(O)c1-c1c(CC)cc2c(CC)c(O)c(O)cc2c1O. The third-order valence-corrected chi connectivity index (χ3v) is 6.83. The number of rotatable bonds is 5. The maximum atomic E-state index is 11.5. The van der Waals surface area contributed by atoms with E-state index in [2.05, 4.69) is 0 Å². The highest BCUT2D eigenvalue weighted by atomic mass is 16.3. The Bertz CT molecular complexity index is 1340. The van der Waals surface area contributed by atoms with E-state index in [0.717, 1.165) is 11.1 Å². The summed E-state index contributed by atoms with van der Waals surface area (Å²) in [5, 5.41) is 66.3. The smallest absolute Gasteiger partial charge is 0.161 e. The summed E-state index contributed by atoms with van der Waals surface area (Å²) in [7, 11) is 0. The molecule has 0 saturated carbocycles. The van der Waals surface area contributed by atoms with E-state index in [0.29, 0.717) is 69.5 Å². The highest BCUT2D eigenvalue weighted by Crippen LogP contribution is 2.51. The quantitative estimate of drug-likeness (QED) is 0.198. The van der Waals surface area contributed by atoms with Gasteiger partial charge in [0, 0.05) is 33.0 Å². The van der Waals surface area contributed by atoms with Gasteiger partial charge in [0.15, 0.2) is 23.0 Å². The fourth-order valence-electron chi connectivity index (χ4n) is 5.07. The zero-order valence-corrected chi connectivity index (χ0v) is 19.8. The van der Waals surface area contributed by atoms with Gasteiger partial charge in [-0.1, -0.05) is 27.7 Å². The van der Waals surface area contributed by atoms with Crippen molar-refractivity contribution in [2.24, 2.45) is 0 Å².